The molecule has 1 aromatic heterocycles. The van der Waals surface area contributed by atoms with E-state index in [0.29, 0.717) is 32.3 Å². The first-order valence-electron chi connectivity index (χ1n) is 10.4. The molecule has 0 aromatic carbocycles. The van der Waals surface area contributed by atoms with Crippen molar-refractivity contribution in [2.45, 2.75) is 53.2 Å². The van der Waals surface area contributed by atoms with E-state index in [2.05, 4.69) is 0 Å². The van der Waals surface area contributed by atoms with Crippen molar-refractivity contribution in [1.82, 2.24) is 13.7 Å². The summed E-state index contributed by atoms with van der Waals surface area (Å²) in [7, 11) is -0.132. The minimum atomic E-state index is -2.95. The fourth-order valence-corrected chi connectivity index (χ4v) is 5.57. The Kier molecular flexibility index (Phi) is 13.5. The molecule has 0 radical (unpaired) electrons. The molecule has 0 amide bonds. The third-order valence-corrected chi connectivity index (χ3v) is 7.34. The number of ether oxygens (including phenoxy) is 4. The van der Waals surface area contributed by atoms with Crippen LogP contribution in [0.25, 0.3) is 0 Å². The van der Waals surface area contributed by atoms with Crippen LogP contribution in [0, 0.1) is 0 Å². The Labute approximate surface area is 187 Å². The van der Waals surface area contributed by atoms with Gasteiger partial charge in [0.05, 0.1) is 0 Å². The molecule has 0 N–H and O–H groups in total. The van der Waals surface area contributed by atoms with Crippen LogP contribution in [0.3, 0.4) is 0 Å². The molecule has 0 aliphatic rings. The van der Waals surface area contributed by atoms with Gasteiger partial charge in [-0.25, -0.2) is 28.1 Å². The average molecular weight is 482 g/mol. The summed E-state index contributed by atoms with van der Waals surface area (Å²) in [5.74, 6) is 0. The Balaban J connectivity index is 3.22. The molecule has 0 unspecified atom stereocenters. The van der Waals surface area contributed by atoms with Crippen LogP contribution in [0.1, 0.15) is 27.2 Å². The van der Waals surface area contributed by atoms with E-state index in [9.17, 15) is 14.4 Å². The largest absolute Gasteiger partial charge is 0.500 e. The van der Waals surface area contributed by atoms with Crippen LogP contribution in [0.5, 0.6) is 0 Å². The van der Waals surface area contributed by atoms with Gasteiger partial charge in [0.1, 0.15) is 27.0 Å². The zero-order chi connectivity index (χ0) is 24.0. The SMILES string of the molecule is CCO[Si](CCCn1c(=O)n(COCOC)c(=O)n(COCOC)c1=O)(OCC)OCC. The van der Waals surface area contributed by atoms with Crippen molar-refractivity contribution in [2.24, 2.45) is 0 Å². The van der Waals surface area contributed by atoms with E-state index in [1.54, 1.807) is 0 Å². The van der Waals surface area contributed by atoms with Gasteiger partial charge in [-0.05, 0) is 27.2 Å². The van der Waals surface area contributed by atoms with Crippen LogP contribution in [0.2, 0.25) is 6.04 Å². The first-order chi connectivity index (χ1) is 15.4. The lowest BCUT2D eigenvalue weighted by atomic mass is 10.5. The molecule has 0 bridgehead atoms. The summed E-state index contributed by atoms with van der Waals surface area (Å²) < 4.78 is 39.9. The van der Waals surface area contributed by atoms with Gasteiger partial charge < -0.3 is 32.2 Å². The van der Waals surface area contributed by atoms with Gasteiger partial charge in [0.2, 0.25) is 0 Å². The third kappa shape index (κ3) is 8.04. The predicted molar refractivity (Wildman–Crippen MR) is 115 cm³/mol. The van der Waals surface area contributed by atoms with Crippen molar-refractivity contribution in [3.05, 3.63) is 31.5 Å². The summed E-state index contributed by atoms with van der Waals surface area (Å²) in [5, 5.41) is 0. The van der Waals surface area contributed by atoms with E-state index in [-0.39, 0.29) is 33.6 Å². The summed E-state index contributed by atoms with van der Waals surface area (Å²) >= 11 is 0. The molecule has 0 saturated heterocycles. The lowest BCUT2D eigenvalue weighted by molar-refractivity contribution is -0.0704. The smallest absolute Gasteiger partial charge is 0.374 e. The Morgan fingerprint density at radius 3 is 1.47 bits per heavy atom. The molecular weight excluding hydrogens is 446 g/mol. The third-order valence-electron chi connectivity index (χ3n) is 4.19. The Morgan fingerprint density at radius 1 is 0.688 bits per heavy atom. The molecule has 0 fully saturated rings. The summed E-state index contributed by atoms with van der Waals surface area (Å²) in [5.41, 5.74) is -2.45. The number of methoxy groups -OCH3 is 2. The van der Waals surface area contributed by atoms with Crippen molar-refractivity contribution >= 4 is 8.80 Å². The summed E-state index contributed by atoms with van der Waals surface area (Å²) in [4.78, 5) is 38.4. The van der Waals surface area contributed by atoms with Gasteiger partial charge in [-0.2, -0.15) is 0 Å². The van der Waals surface area contributed by atoms with Gasteiger partial charge in [0.15, 0.2) is 0 Å². The van der Waals surface area contributed by atoms with Crippen molar-refractivity contribution in [2.75, 3.05) is 47.6 Å². The number of hydrogen-bond donors (Lipinski definition) is 0. The zero-order valence-electron chi connectivity index (χ0n) is 19.5. The Morgan fingerprint density at radius 2 is 1.09 bits per heavy atom. The Bertz CT molecular complexity index is 772. The summed E-state index contributed by atoms with van der Waals surface area (Å²) in [6.07, 6.45) is 0.359. The summed E-state index contributed by atoms with van der Waals surface area (Å²) in [6, 6.07) is 0.397. The van der Waals surface area contributed by atoms with E-state index >= 15 is 0 Å². The first-order valence-corrected chi connectivity index (χ1v) is 12.3. The number of nitrogens with zero attached hydrogens (tertiary/aromatic N) is 3. The van der Waals surface area contributed by atoms with Gasteiger partial charge in [0.25, 0.3) is 0 Å². The topological polar surface area (TPSA) is 131 Å². The van der Waals surface area contributed by atoms with Gasteiger partial charge >= 0.3 is 25.9 Å². The van der Waals surface area contributed by atoms with Gasteiger partial charge in [-0.15, -0.1) is 0 Å². The van der Waals surface area contributed by atoms with E-state index in [1.165, 1.54) is 14.2 Å². The quantitative estimate of drug-likeness (QED) is 0.157. The molecule has 186 valence electrons. The van der Waals surface area contributed by atoms with E-state index in [1.807, 2.05) is 20.8 Å². The van der Waals surface area contributed by atoms with Crippen molar-refractivity contribution in [3.63, 3.8) is 0 Å². The van der Waals surface area contributed by atoms with Crippen molar-refractivity contribution < 1.29 is 32.2 Å². The highest BCUT2D eigenvalue weighted by atomic mass is 28.4. The lowest BCUT2D eigenvalue weighted by Gasteiger charge is -2.28. The maximum Gasteiger partial charge on any atom is 0.500 e. The van der Waals surface area contributed by atoms with E-state index in [4.69, 9.17) is 32.2 Å². The average Bonchev–Trinajstić information content (AvgIpc) is 2.76. The highest BCUT2D eigenvalue weighted by Gasteiger charge is 2.39. The van der Waals surface area contributed by atoms with Crippen molar-refractivity contribution in [1.29, 1.82) is 0 Å². The highest BCUT2D eigenvalue weighted by molar-refractivity contribution is 6.60. The second-order valence-corrected chi connectivity index (χ2v) is 9.15. The molecule has 0 atom stereocenters. The van der Waals surface area contributed by atoms with Crippen LogP contribution in [0.15, 0.2) is 14.4 Å². The predicted octanol–water partition coefficient (Wildman–Crippen LogP) is -0.234. The van der Waals surface area contributed by atoms with Gasteiger partial charge in [-0.3, -0.25) is 0 Å². The number of aromatic nitrogens is 3. The molecule has 1 aromatic rings. The van der Waals surface area contributed by atoms with Crippen LogP contribution in [-0.2, 0) is 52.2 Å². The minimum Gasteiger partial charge on any atom is -0.374 e. The fourth-order valence-electron chi connectivity index (χ4n) is 2.97. The molecule has 32 heavy (non-hydrogen) atoms. The van der Waals surface area contributed by atoms with Gasteiger partial charge in [-0.1, -0.05) is 0 Å². The second-order valence-electron chi connectivity index (χ2n) is 6.42. The molecule has 14 heteroatoms. The number of rotatable bonds is 18. The first kappa shape index (κ1) is 28.4. The molecule has 0 spiro atoms. The van der Waals surface area contributed by atoms with Crippen LogP contribution < -0.4 is 17.1 Å². The van der Waals surface area contributed by atoms with E-state index < -0.39 is 25.9 Å². The Hall–Kier alpha value is -1.65. The molecule has 1 rings (SSSR count). The fraction of sp³-hybridized carbons (Fsp3) is 0.833. The number of hydrogen-bond acceptors (Lipinski definition) is 10. The maximum atomic E-state index is 12.9. The lowest BCUT2D eigenvalue weighted by Crippen LogP contribution is -2.55. The minimum absolute atomic E-state index is 0.0223. The standard InChI is InChI=1S/C18H35N3O10Si/c1-6-29-32(30-7-2,31-8-3)11-9-10-19-16(22)20(12-27-14-25-4)18(24)21(17(19)23)13-28-15-26-5/h6-15H2,1-5H3. The van der Waals surface area contributed by atoms with Crippen molar-refractivity contribution in [3.8, 4) is 0 Å². The van der Waals surface area contributed by atoms with Crippen LogP contribution in [-0.4, -0.2) is 70.1 Å². The molecule has 0 aliphatic heterocycles. The van der Waals surface area contributed by atoms with Crippen LogP contribution in [0.4, 0.5) is 0 Å². The normalized spacial score (nSPS) is 11.9. The summed E-state index contributed by atoms with van der Waals surface area (Å²) in [6.45, 7) is 5.78. The van der Waals surface area contributed by atoms with Gasteiger partial charge in [0, 0.05) is 46.6 Å². The molecule has 0 aliphatic carbocycles. The van der Waals surface area contributed by atoms with Crippen LogP contribution >= 0.6 is 0 Å². The molecular formula is C18H35N3O10Si. The molecule has 0 saturated carbocycles. The van der Waals surface area contributed by atoms with E-state index in [0.717, 1.165) is 13.7 Å². The zero-order valence-corrected chi connectivity index (χ0v) is 20.5. The highest BCUT2D eigenvalue weighted by Crippen LogP contribution is 2.18. The molecule has 1 heterocycles. The monoisotopic (exact) mass is 481 g/mol. The molecule has 13 nitrogen and oxygen atoms in total. The maximum absolute atomic E-state index is 12.9. The second kappa shape index (κ2) is 15.2.